The Morgan fingerprint density at radius 2 is 1.67 bits per heavy atom. The van der Waals surface area contributed by atoms with Crippen LogP contribution in [-0.2, 0) is 19.6 Å². The van der Waals surface area contributed by atoms with E-state index in [0.29, 0.717) is 5.56 Å². The summed E-state index contributed by atoms with van der Waals surface area (Å²) in [5.41, 5.74) is -7.13. The molecule has 9 heteroatoms. The van der Waals surface area contributed by atoms with Crippen molar-refractivity contribution in [2.24, 2.45) is 0 Å². The summed E-state index contributed by atoms with van der Waals surface area (Å²) in [6.07, 6.45) is -5.64. The number of methoxy groups -OCH3 is 1. The molecule has 0 fully saturated rings. The first-order valence-corrected chi connectivity index (χ1v) is 11.8. The molecule has 1 aliphatic carbocycles. The zero-order chi connectivity index (χ0) is 31.4. The minimum Gasteiger partial charge on any atom is -0.466 e. The third-order valence-corrected chi connectivity index (χ3v) is 6.96. The van der Waals surface area contributed by atoms with Crippen molar-refractivity contribution in [1.29, 1.82) is 0 Å². The predicted molar refractivity (Wildman–Crippen MR) is 130 cm³/mol. The lowest BCUT2D eigenvalue weighted by atomic mass is 9.63. The minimum atomic E-state index is -5.64. The molecule has 0 amide bonds. The smallest absolute Gasteiger partial charge is 0.416 e. The highest BCUT2D eigenvalue weighted by molar-refractivity contribution is 7.89. The van der Waals surface area contributed by atoms with E-state index in [1.54, 1.807) is 11.6 Å². The Kier molecular flexibility index (Phi) is 4.85. The Morgan fingerprint density at radius 1 is 1.06 bits per heavy atom. The summed E-state index contributed by atoms with van der Waals surface area (Å²) in [7, 11) is -4.28. The van der Waals surface area contributed by atoms with Crippen molar-refractivity contribution >= 4 is 27.6 Å². The first-order chi connectivity index (χ1) is 19.5. The maximum absolute atomic E-state index is 15.4. The first kappa shape index (κ1) is 18.6. The normalized spacial score (nSPS) is 21.8. The number of alkyl halides is 3. The molecule has 0 radical (unpaired) electrons. The van der Waals surface area contributed by atoms with Crippen LogP contribution in [0, 0.1) is 6.92 Å². The van der Waals surface area contributed by atoms with Crippen molar-refractivity contribution in [3.8, 4) is 0 Å². The lowest BCUT2D eigenvalue weighted by Crippen LogP contribution is -2.67. The van der Waals surface area contributed by atoms with Crippen LogP contribution in [0.4, 0.5) is 13.2 Å². The molecule has 0 aromatic heterocycles. The van der Waals surface area contributed by atoms with Gasteiger partial charge >= 0.3 is 12.1 Å². The van der Waals surface area contributed by atoms with Gasteiger partial charge in [0.05, 0.1) is 25.8 Å². The third kappa shape index (κ3) is 4.36. The first-order valence-electron chi connectivity index (χ1n) is 13.4. The Hall–Kier alpha value is -3.69. The van der Waals surface area contributed by atoms with Gasteiger partial charge < -0.3 is 4.74 Å². The number of carbonyl (C=O) groups excluding carboxylic acids is 1. The van der Waals surface area contributed by atoms with Crippen molar-refractivity contribution < 1.29 is 39.3 Å². The Labute approximate surface area is 215 Å². The van der Waals surface area contributed by atoms with Gasteiger partial charge in [0.2, 0.25) is 10.0 Å². The fraction of sp³-hybridized carbons (Fsp3) is 0.148. The van der Waals surface area contributed by atoms with E-state index in [0.717, 1.165) is 19.2 Å². The molecule has 0 saturated heterocycles. The maximum Gasteiger partial charge on any atom is 0.416 e. The number of rotatable bonds is 6. The van der Waals surface area contributed by atoms with Crippen molar-refractivity contribution in [2.75, 3.05) is 7.11 Å². The molecule has 1 N–H and O–H groups in total. The van der Waals surface area contributed by atoms with Gasteiger partial charge in [0, 0.05) is 5.57 Å². The molecule has 0 aliphatic heterocycles. The van der Waals surface area contributed by atoms with Crippen LogP contribution in [-0.4, -0.2) is 33.2 Å². The molecule has 1 unspecified atom stereocenters. The second kappa shape index (κ2) is 9.40. The van der Waals surface area contributed by atoms with Crippen molar-refractivity contribution in [1.82, 2.24) is 4.72 Å². The van der Waals surface area contributed by atoms with Gasteiger partial charge in [0.1, 0.15) is 0 Å². The highest BCUT2D eigenvalue weighted by Crippen LogP contribution is 2.58. The third-order valence-electron chi connectivity index (χ3n) is 5.50. The topological polar surface area (TPSA) is 72.5 Å². The zero-order valence-electron chi connectivity index (χ0n) is 24.9. The number of benzene rings is 3. The van der Waals surface area contributed by atoms with E-state index in [1.807, 2.05) is 0 Å². The summed E-state index contributed by atoms with van der Waals surface area (Å²) in [4.78, 5) is 12.5. The molecule has 1 atom stereocenters. The lowest BCUT2D eigenvalue weighted by Gasteiger charge is -2.48. The molecule has 0 spiro atoms. The number of hydrogen-bond acceptors (Lipinski definition) is 4. The van der Waals surface area contributed by atoms with Gasteiger partial charge in [-0.1, -0.05) is 78.2 Å². The number of carbonyl (C=O) groups is 1. The molecule has 0 saturated carbocycles. The van der Waals surface area contributed by atoms with Crippen LogP contribution >= 0.6 is 0 Å². The average molecular weight is 520 g/mol. The van der Waals surface area contributed by atoms with Crippen LogP contribution in [0.2, 0.25) is 0 Å². The number of aryl methyl sites for hydroxylation is 1. The largest absolute Gasteiger partial charge is 0.466 e. The molecule has 3 aromatic carbocycles. The van der Waals surface area contributed by atoms with Crippen LogP contribution in [0.3, 0.4) is 0 Å². The Bertz CT molecular complexity index is 1750. The van der Waals surface area contributed by atoms with Crippen molar-refractivity contribution in [2.45, 2.75) is 23.5 Å². The summed E-state index contributed by atoms with van der Waals surface area (Å²) in [6.45, 7) is 1.63. The molecule has 5 nitrogen and oxygen atoms in total. The fourth-order valence-corrected chi connectivity index (χ4v) is 5.16. The molecule has 186 valence electrons. The van der Waals surface area contributed by atoms with Gasteiger partial charge in [-0.2, -0.15) is 17.9 Å². The van der Waals surface area contributed by atoms with Gasteiger partial charge in [0.25, 0.3) is 0 Å². The number of ether oxygens (including phenoxy) is 1. The molecule has 36 heavy (non-hydrogen) atoms. The van der Waals surface area contributed by atoms with Crippen LogP contribution in [0.15, 0.2) is 101 Å². The summed E-state index contributed by atoms with van der Waals surface area (Å²) in [5.74, 6) is -1.56. The SMILES string of the molecule is [2H]/C(=C1/C(c2ccccc2)=C(C(=O)OC)C1(NS(=O)(=O)c1ccc(C)cc1)C(F)(F)F)c1c([2H])c([2H])c([2H])c([2H])c1[2H]. The van der Waals surface area contributed by atoms with Gasteiger partial charge in [-0.05, 0) is 41.8 Å². The van der Waals surface area contributed by atoms with E-state index in [4.69, 9.17) is 8.22 Å². The Balaban J connectivity index is 2.21. The molecule has 4 rings (SSSR count). The van der Waals surface area contributed by atoms with E-state index < -0.39 is 91.2 Å². The van der Waals surface area contributed by atoms with Gasteiger partial charge in [-0.15, -0.1) is 0 Å². The number of nitrogens with one attached hydrogen (secondary N) is 1. The Morgan fingerprint density at radius 3 is 2.22 bits per heavy atom. The van der Waals surface area contributed by atoms with Gasteiger partial charge in [-0.25, -0.2) is 13.2 Å². The maximum atomic E-state index is 15.4. The molecule has 1 aliphatic rings. The molecular weight excluding hydrogens is 491 g/mol. The van der Waals surface area contributed by atoms with Crippen molar-refractivity contribution in [3.05, 3.63) is 113 Å². The van der Waals surface area contributed by atoms with Crippen LogP contribution in [0.25, 0.3) is 11.6 Å². The monoisotopic (exact) mass is 519 g/mol. The van der Waals surface area contributed by atoms with Crippen LogP contribution in [0.5, 0.6) is 0 Å². The molecular formula is C27H22F3NO4S. The molecule has 0 bridgehead atoms. The lowest BCUT2D eigenvalue weighted by molar-refractivity contribution is -0.175. The van der Waals surface area contributed by atoms with Gasteiger partial charge in [-0.3, -0.25) is 0 Å². The highest BCUT2D eigenvalue weighted by atomic mass is 32.2. The zero-order valence-corrected chi connectivity index (χ0v) is 19.7. The van der Waals surface area contributed by atoms with Crippen molar-refractivity contribution in [3.63, 3.8) is 0 Å². The summed E-state index contributed by atoms with van der Waals surface area (Å²) in [6, 6.07) is 5.88. The van der Waals surface area contributed by atoms with E-state index >= 15 is 13.2 Å². The van der Waals surface area contributed by atoms with E-state index in [1.165, 1.54) is 42.5 Å². The van der Waals surface area contributed by atoms with E-state index in [-0.39, 0.29) is 5.56 Å². The number of sulfonamides is 1. The fourth-order valence-electron chi connectivity index (χ4n) is 3.83. The second-order valence-electron chi connectivity index (χ2n) is 7.77. The number of halogens is 3. The van der Waals surface area contributed by atoms with Crippen LogP contribution < -0.4 is 4.72 Å². The number of esters is 1. The predicted octanol–water partition coefficient (Wildman–Crippen LogP) is 5.30. The molecule has 0 heterocycles. The van der Waals surface area contributed by atoms with Gasteiger partial charge in [0.15, 0.2) is 5.54 Å². The minimum absolute atomic E-state index is 0.0422. The molecule has 3 aromatic rings. The summed E-state index contributed by atoms with van der Waals surface area (Å²) < 4.78 is 128. The summed E-state index contributed by atoms with van der Waals surface area (Å²) >= 11 is 0. The standard InChI is InChI=1S/C27H22F3NO4S/c1-18-13-15-21(16-14-18)36(33,34)31-26(27(28,29)30)22(17-19-9-5-3-6-10-19)23(24(26)25(32)35-2)20-11-7-4-8-12-20/h3-17,31H,1-2H3/b22-17+/i3D,5D,6D,9D,10D,17D. The summed E-state index contributed by atoms with van der Waals surface area (Å²) in [5, 5.41) is 0. The van der Waals surface area contributed by atoms with Crippen LogP contribution in [0.1, 0.15) is 24.9 Å². The second-order valence-corrected chi connectivity index (χ2v) is 9.46. The number of hydrogen-bond donors (Lipinski definition) is 1. The quantitative estimate of drug-likeness (QED) is 0.449. The average Bonchev–Trinajstić information content (AvgIpc) is 2.92. The highest BCUT2D eigenvalue weighted by Gasteiger charge is 2.70. The van der Waals surface area contributed by atoms with E-state index in [2.05, 4.69) is 4.74 Å². The van der Waals surface area contributed by atoms with E-state index in [9.17, 15) is 13.2 Å².